The molecule has 0 aromatic heterocycles. The fraction of sp³-hybridized carbons (Fsp3) is 0.385. The Bertz CT molecular complexity index is 578. The molecular weight excluding hydrogens is 264 g/mol. The van der Waals surface area contributed by atoms with E-state index in [4.69, 9.17) is 5.11 Å². The number of hydrogen-bond acceptors (Lipinski definition) is 4. The number of carboxylic acids is 1. The van der Waals surface area contributed by atoms with Crippen LogP contribution in [0.2, 0.25) is 0 Å². The van der Waals surface area contributed by atoms with E-state index in [1.807, 2.05) is 0 Å². The molecule has 0 bridgehead atoms. The van der Waals surface area contributed by atoms with Gasteiger partial charge in [-0.15, -0.1) is 0 Å². The lowest BCUT2D eigenvalue weighted by Gasteiger charge is -2.32. The summed E-state index contributed by atoms with van der Waals surface area (Å²) in [4.78, 5) is 33.0. The van der Waals surface area contributed by atoms with Gasteiger partial charge < -0.3 is 10.4 Å². The molecule has 20 heavy (non-hydrogen) atoms. The lowest BCUT2D eigenvalue weighted by Crippen LogP contribution is -2.46. The van der Waals surface area contributed by atoms with Crippen LogP contribution in [0.1, 0.15) is 28.8 Å². The first-order valence-electron chi connectivity index (χ1n) is 6.17. The molecule has 0 unspecified atom stereocenters. The van der Waals surface area contributed by atoms with Gasteiger partial charge in [0, 0.05) is 23.2 Å². The van der Waals surface area contributed by atoms with Crippen LogP contribution in [0.5, 0.6) is 0 Å². The minimum absolute atomic E-state index is 0.102. The molecule has 0 spiro atoms. The summed E-state index contributed by atoms with van der Waals surface area (Å²) < 4.78 is 0. The van der Waals surface area contributed by atoms with Gasteiger partial charge in [0.25, 0.3) is 11.6 Å². The summed E-state index contributed by atoms with van der Waals surface area (Å²) >= 11 is 0. The summed E-state index contributed by atoms with van der Waals surface area (Å²) in [5.74, 6) is -1.67. The molecule has 1 amide bonds. The van der Waals surface area contributed by atoms with Crippen LogP contribution in [0.3, 0.4) is 0 Å². The zero-order valence-corrected chi connectivity index (χ0v) is 10.8. The van der Waals surface area contributed by atoms with Gasteiger partial charge in [-0.05, 0) is 25.8 Å². The third kappa shape index (κ3) is 2.61. The molecule has 7 nitrogen and oxygen atoms in total. The van der Waals surface area contributed by atoms with E-state index < -0.39 is 22.7 Å². The Morgan fingerprint density at radius 3 is 2.60 bits per heavy atom. The Balaban J connectivity index is 2.06. The summed E-state index contributed by atoms with van der Waals surface area (Å²) in [5, 5.41) is 22.3. The van der Waals surface area contributed by atoms with Gasteiger partial charge in [0.15, 0.2) is 0 Å². The summed E-state index contributed by atoms with van der Waals surface area (Å²) in [6.45, 7) is 1.52. The number of aliphatic carboxylic acids is 1. The van der Waals surface area contributed by atoms with Crippen molar-refractivity contribution in [2.75, 3.05) is 0 Å². The predicted molar refractivity (Wildman–Crippen MR) is 69.4 cm³/mol. The Labute approximate surface area is 114 Å². The topological polar surface area (TPSA) is 110 Å². The first-order chi connectivity index (χ1) is 9.40. The highest BCUT2D eigenvalue weighted by Crippen LogP contribution is 2.28. The van der Waals surface area contributed by atoms with E-state index >= 15 is 0 Å². The minimum atomic E-state index is -0.859. The Morgan fingerprint density at radius 1 is 1.40 bits per heavy atom. The number of carbonyl (C=O) groups excluding carboxylic acids is 1. The highest BCUT2D eigenvalue weighted by molar-refractivity contribution is 5.96. The van der Waals surface area contributed by atoms with Crippen molar-refractivity contribution in [2.45, 2.75) is 25.8 Å². The predicted octanol–water partition coefficient (Wildman–Crippen LogP) is 1.50. The Kier molecular flexibility index (Phi) is 3.69. The van der Waals surface area contributed by atoms with Crippen molar-refractivity contribution in [1.29, 1.82) is 0 Å². The summed E-state index contributed by atoms with van der Waals surface area (Å²) in [6, 6.07) is 4.14. The van der Waals surface area contributed by atoms with Crippen molar-refractivity contribution in [3.8, 4) is 0 Å². The summed E-state index contributed by atoms with van der Waals surface area (Å²) in [7, 11) is 0. The van der Waals surface area contributed by atoms with Gasteiger partial charge in [-0.1, -0.05) is 6.07 Å². The molecule has 0 heterocycles. The second-order valence-corrected chi connectivity index (χ2v) is 4.88. The molecule has 1 fully saturated rings. The first kappa shape index (κ1) is 14.0. The van der Waals surface area contributed by atoms with E-state index in [-0.39, 0.29) is 17.3 Å². The monoisotopic (exact) mass is 278 g/mol. The van der Waals surface area contributed by atoms with E-state index in [2.05, 4.69) is 5.32 Å². The molecule has 106 valence electrons. The molecule has 1 saturated carbocycles. The Hall–Kier alpha value is -2.44. The van der Waals surface area contributed by atoms with Crippen LogP contribution in [0, 0.1) is 23.0 Å². The van der Waals surface area contributed by atoms with E-state index in [0.29, 0.717) is 18.4 Å². The number of carboxylic acid groups (broad SMARTS) is 1. The number of carbonyl (C=O) groups is 2. The fourth-order valence-corrected chi connectivity index (χ4v) is 2.27. The number of benzene rings is 1. The number of nitro benzene ring substituents is 1. The van der Waals surface area contributed by atoms with Crippen molar-refractivity contribution < 1.29 is 19.6 Å². The summed E-state index contributed by atoms with van der Waals surface area (Å²) in [5.41, 5.74) is 0.455. The maximum atomic E-state index is 12.0. The van der Waals surface area contributed by atoms with Gasteiger partial charge >= 0.3 is 5.97 Å². The molecule has 1 aliphatic rings. The number of nitro groups is 1. The van der Waals surface area contributed by atoms with E-state index in [9.17, 15) is 19.7 Å². The fourth-order valence-electron chi connectivity index (χ4n) is 2.27. The van der Waals surface area contributed by atoms with Gasteiger partial charge in [-0.25, -0.2) is 0 Å². The number of hydrogen-bond donors (Lipinski definition) is 2. The van der Waals surface area contributed by atoms with E-state index in [1.165, 1.54) is 25.1 Å². The van der Waals surface area contributed by atoms with Crippen LogP contribution < -0.4 is 5.32 Å². The van der Waals surface area contributed by atoms with Crippen LogP contribution in [-0.4, -0.2) is 27.9 Å². The lowest BCUT2D eigenvalue weighted by atomic mass is 9.80. The molecule has 7 heteroatoms. The zero-order chi connectivity index (χ0) is 14.9. The highest BCUT2D eigenvalue weighted by atomic mass is 16.6. The molecule has 0 saturated heterocycles. The molecule has 1 aromatic rings. The minimum Gasteiger partial charge on any atom is -0.481 e. The number of nitrogens with one attached hydrogen (secondary N) is 1. The van der Waals surface area contributed by atoms with Crippen LogP contribution in [0.15, 0.2) is 18.2 Å². The quantitative estimate of drug-likeness (QED) is 0.640. The van der Waals surface area contributed by atoms with Crippen molar-refractivity contribution in [3.05, 3.63) is 39.4 Å². The van der Waals surface area contributed by atoms with Crippen LogP contribution in [0.25, 0.3) is 0 Å². The molecule has 0 atom stereocenters. The molecule has 1 aromatic carbocycles. The molecule has 2 N–H and O–H groups in total. The van der Waals surface area contributed by atoms with Gasteiger partial charge in [-0.2, -0.15) is 0 Å². The normalized spacial score (nSPS) is 20.9. The molecule has 2 rings (SSSR count). The van der Waals surface area contributed by atoms with Crippen molar-refractivity contribution in [1.82, 2.24) is 5.32 Å². The molecule has 0 aliphatic heterocycles. The summed E-state index contributed by atoms with van der Waals surface area (Å²) in [6.07, 6.45) is 0.796. The van der Waals surface area contributed by atoms with Crippen molar-refractivity contribution >= 4 is 17.6 Å². The Morgan fingerprint density at radius 2 is 2.05 bits per heavy atom. The van der Waals surface area contributed by atoms with Gasteiger partial charge in [-0.3, -0.25) is 19.7 Å². The third-order valence-electron chi connectivity index (χ3n) is 3.57. The van der Waals surface area contributed by atoms with Crippen molar-refractivity contribution in [3.63, 3.8) is 0 Å². The average molecular weight is 278 g/mol. The standard InChI is InChI=1S/C13H14N2O5/c1-7-10(3-2-4-11(7)15(19)20)12(16)14-9-5-8(6-9)13(17)18/h2-4,8-9H,5-6H2,1H3,(H,14,16)(H,17,18). The molecule has 0 radical (unpaired) electrons. The number of nitrogens with zero attached hydrogens (tertiary/aromatic N) is 1. The van der Waals surface area contributed by atoms with Gasteiger partial charge in [0.1, 0.15) is 0 Å². The van der Waals surface area contributed by atoms with Gasteiger partial charge in [0.05, 0.1) is 10.8 Å². The number of rotatable bonds is 4. The average Bonchev–Trinajstić information content (AvgIpc) is 2.32. The highest BCUT2D eigenvalue weighted by Gasteiger charge is 2.35. The maximum absolute atomic E-state index is 12.0. The third-order valence-corrected chi connectivity index (χ3v) is 3.57. The lowest BCUT2D eigenvalue weighted by molar-refractivity contribution is -0.385. The second-order valence-electron chi connectivity index (χ2n) is 4.88. The molecular formula is C13H14N2O5. The first-order valence-corrected chi connectivity index (χ1v) is 6.17. The van der Waals surface area contributed by atoms with E-state index in [1.54, 1.807) is 0 Å². The SMILES string of the molecule is Cc1c(C(=O)NC2CC(C(=O)O)C2)cccc1[N+](=O)[O-]. The van der Waals surface area contributed by atoms with Crippen molar-refractivity contribution in [2.24, 2.45) is 5.92 Å². The van der Waals surface area contributed by atoms with Crippen LogP contribution >= 0.6 is 0 Å². The van der Waals surface area contributed by atoms with Gasteiger partial charge in [0.2, 0.25) is 0 Å². The van der Waals surface area contributed by atoms with Crippen LogP contribution in [-0.2, 0) is 4.79 Å². The van der Waals surface area contributed by atoms with Crippen LogP contribution in [0.4, 0.5) is 5.69 Å². The second kappa shape index (κ2) is 5.28. The van der Waals surface area contributed by atoms with E-state index in [0.717, 1.165) is 0 Å². The number of amides is 1. The molecule has 1 aliphatic carbocycles. The zero-order valence-electron chi connectivity index (χ0n) is 10.8. The maximum Gasteiger partial charge on any atom is 0.306 e. The largest absolute Gasteiger partial charge is 0.481 e. The smallest absolute Gasteiger partial charge is 0.306 e.